The highest BCUT2D eigenvalue weighted by molar-refractivity contribution is 5.89. The second-order valence-corrected chi connectivity index (χ2v) is 2.53. The van der Waals surface area contributed by atoms with E-state index in [0.29, 0.717) is 12.5 Å². The molecule has 2 heterocycles. The molecule has 0 spiro atoms. The highest BCUT2D eigenvalue weighted by Crippen LogP contribution is 2.28. The molecule has 1 fully saturated rings. The van der Waals surface area contributed by atoms with Crippen molar-refractivity contribution in [2.75, 3.05) is 13.2 Å². The summed E-state index contributed by atoms with van der Waals surface area (Å²) in [5, 5.41) is 3.81. The number of nitrogens with zero attached hydrogens (tertiary/aromatic N) is 1. The third kappa shape index (κ3) is 0.726. The van der Waals surface area contributed by atoms with E-state index in [1.807, 2.05) is 0 Å². The van der Waals surface area contributed by atoms with E-state index >= 15 is 0 Å². The molecular weight excluding hydrogens is 132 g/mol. The maximum absolute atomic E-state index is 5.42. The Labute approximate surface area is 59.0 Å². The van der Waals surface area contributed by atoms with Crippen LogP contribution in [0.1, 0.15) is 6.42 Å². The minimum absolute atomic E-state index is 0.126. The van der Waals surface area contributed by atoms with Gasteiger partial charge in [0.15, 0.2) is 0 Å². The lowest BCUT2D eigenvalue weighted by atomic mass is 10.0. The highest BCUT2D eigenvalue weighted by atomic mass is 16.8. The van der Waals surface area contributed by atoms with Crippen LogP contribution in [-0.2, 0) is 9.57 Å². The average molecular weight is 142 g/mol. The van der Waals surface area contributed by atoms with Crippen molar-refractivity contribution < 1.29 is 9.57 Å². The third-order valence-corrected chi connectivity index (χ3v) is 1.95. The normalized spacial score (nSPS) is 37.1. The molecule has 2 unspecified atom stereocenters. The molecule has 0 saturated carbocycles. The van der Waals surface area contributed by atoms with Crippen LogP contribution in [-0.4, -0.2) is 25.2 Å². The van der Waals surface area contributed by atoms with Gasteiger partial charge in [-0.25, -0.2) is 0 Å². The van der Waals surface area contributed by atoms with Crippen LogP contribution in [0.4, 0.5) is 0 Å². The Kier molecular flexibility index (Phi) is 1.35. The van der Waals surface area contributed by atoms with Crippen molar-refractivity contribution in [2.24, 2.45) is 16.8 Å². The van der Waals surface area contributed by atoms with Crippen molar-refractivity contribution in [2.45, 2.75) is 12.7 Å². The minimum atomic E-state index is -0.126. The van der Waals surface area contributed by atoms with Crippen molar-refractivity contribution in [3.05, 3.63) is 0 Å². The van der Waals surface area contributed by atoms with Crippen molar-refractivity contribution in [3.8, 4) is 0 Å². The molecule has 56 valence electrons. The molecule has 4 heteroatoms. The van der Waals surface area contributed by atoms with E-state index < -0.39 is 0 Å². The lowest BCUT2D eigenvalue weighted by molar-refractivity contribution is -0.106. The molecule has 0 amide bonds. The maximum atomic E-state index is 5.42. The average Bonchev–Trinajstić information content (AvgIpc) is 2.44. The SMILES string of the molecule is NCC1=NOC2OCCC12. The van der Waals surface area contributed by atoms with Crippen LogP contribution in [0.2, 0.25) is 0 Å². The second-order valence-electron chi connectivity index (χ2n) is 2.53. The van der Waals surface area contributed by atoms with Gasteiger partial charge < -0.3 is 15.3 Å². The van der Waals surface area contributed by atoms with Crippen molar-refractivity contribution >= 4 is 5.71 Å². The van der Waals surface area contributed by atoms with Crippen LogP contribution in [0.15, 0.2) is 5.16 Å². The van der Waals surface area contributed by atoms with E-state index in [9.17, 15) is 0 Å². The van der Waals surface area contributed by atoms with Crippen molar-refractivity contribution in [3.63, 3.8) is 0 Å². The Morgan fingerprint density at radius 1 is 1.70 bits per heavy atom. The zero-order valence-corrected chi connectivity index (χ0v) is 5.62. The third-order valence-electron chi connectivity index (χ3n) is 1.95. The van der Waals surface area contributed by atoms with Gasteiger partial charge in [0, 0.05) is 6.54 Å². The number of nitrogens with two attached hydrogens (primary N) is 1. The Hall–Kier alpha value is -0.610. The number of hydrogen-bond acceptors (Lipinski definition) is 4. The van der Waals surface area contributed by atoms with Gasteiger partial charge in [0.1, 0.15) is 0 Å². The van der Waals surface area contributed by atoms with Gasteiger partial charge in [-0.05, 0) is 6.42 Å². The van der Waals surface area contributed by atoms with Gasteiger partial charge in [-0.3, -0.25) is 0 Å². The smallest absolute Gasteiger partial charge is 0.235 e. The first-order valence-corrected chi connectivity index (χ1v) is 3.46. The summed E-state index contributed by atoms with van der Waals surface area (Å²) in [5.41, 5.74) is 6.37. The van der Waals surface area contributed by atoms with Gasteiger partial charge in [0.2, 0.25) is 6.29 Å². The van der Waals surface area contributed by atoms with Crippen LogP contribution in [0.25, 0.3) is 0 Å². The molecule has 0 aromatic carbocycles. The van der Waals surface area contributed by atoms with Crippen molar-refractivity contribution in [1.82, 2.24) is 0 Å². The van der Waals surface area contributed by atoms with Gasteiger partial charge >= 0.3 is 0 Å². The number of rotatable bonds is 1. The topological polar surface area (TPSA) is 56.8 Å². The van der Waals surface area contributed by atoms with E-state index in [-0.39, 0.29) is 6.29 Å². The molecule has 2 rings (SSSR count). The van der Waals surface area contributed by atoms with Crippen LogP contribution >= 0.6 is 0 Å². The minimum Gasteiger partial charge on any atom is -0.363 e. The molecule has 2 aliphatic heterocycles. The predicted molar refractivity (Wildman–Crippen MR) is 35.4 cm³/mol. The van der Waals surface area contributed by atoms with Crippen LogP contribution < -0.4 is 5.73 Å². The summed E-state index contributed by atoms with van der Waals surface area (Å²) in [5.74, 6) is 0.338. The van der Waals surface area contributed by atoms with Gasteiger partial charge in [-0.1, -0.05) is 5.16 Å². The molecule has 2 N–H and O–H groups in total. The fourth-order valence-electron chi connectivity index (χ4n) is 1.37. The van der Waals surface area contributed by atoms with E-state index in [1.54, 1.807) is 0 Å². The lowest BCUT2D eigenvalue weighted by Crippen LogP contribution is -2.24. The van der Waals surface area contributed by atoms with Gasteiger partial charge in [-0.15, -0.1) is 0 Å². The highest BCUT2D eigenvalue weighted by Gasteiger charge is 2.38. The van der Waals surface area contributed by atoms with E-state index in [4.69, 9.17) is 15.3 Å². The number of oxime groups is 1. The molecule has 0 radical (unpaired) electrons. The Morgan fingerprint density at radius 2 is 2.60 bits per heavy atom. The number of hydrogen-bond donors (Lipinski definition) is 1. The Bertz CT molecular complexity index is 169. The number of ether oxygens (including phenoxy) is 1. The molecule has 2 atom stereocenters. The van der Waals surface area contributed by atoms with Crippen LogP contribution in [0.3, 0.4) is 0 Å². The maximum Gasteiger partial charge on any atom is 0.235 e. The first kappa shape index (κ1) is 6.12. The fourth-order valence-corrected chi connectivity index (χ4v) is 1.37. The summed E-state index contributed by atoms with van der Waals surface area (Å²) in [6.07, 6.45) is 0.874. The van der Waals surface area contributed by atoms with Crippen LogP contribution in [0.5, 0.6) is 0 Å². The molecule has 10 heavy (non-hydrogen) atoms. The molecule has 2 aliphatic rings. The van der Waals surface area contributed by atoms with E-state index in [0.717, 1.165) is 18.7 Å². The molecule has 0 aromatic rings. The monoisotopic (exact) mass is 142 g/mol. The van der Waals surface area contributed by atoms with Crippen LogP contribution in [0, 0.1) is 5.92 Å². The van der Waals surface area contributed by atoms with Gasteiger partial charge in [0.25, 0.3) is 0 Å². The summed E-state index contributed by atoms with van der Waals surface area (Å²) < 4.78 is 5.22. The molecule has 0 bridgehead atoms. The largest absolute Gasteiger partial charge is 0.363 e. The quantitative estimate of drug-likeness (QED) is 0.546. The molecular formula is C6H10N2O2. The second kappa shape index (κ2) is 2.21. The molecule has 0 aliphatic carbocycles. The van der Waals surface area contributed by atoms with E-state index in [2.05, 4.69) is 5.16 Å². The standard InChI is InChI=1S/C6H10N2O2/c7-3-5-4-1-2-9-6(4)10-8-5/h4,6H,1-3,7H2. The Balaban J connectivity index is 2.10. The zero-order valence-electron chi connectivity index (χ0n) is 5.62. The lowest BCUT2D eigenvalue weighted by Gasteiger charge is -2.04. The van der Waals surface area contributed by atoms with Gasteiger partial charge in [-0.2, -0.15) is 0 Å². The summed E-state index contributed by atoms with van der Waals surface area (Å²) in [6, 6.07) is 0. The molecule has 1 saturated heterocycles. The molecule has 0 aromatic heterocycles. The number of fused-ring (bicyclic) bond motifs is 1. The summed E-state index contributed by atoms with van der Waals surface area (Å²) >= 11 is 0. The summed E-state index contributed by atoms with van der Waals surface area (Å²) in [4.78, 5) is 4.97. The summed E-state index contributed by atoms with van der Waals surface area (Å²) in [6.45, 7) is 1.26. The van der Waals surface area contributed by atoms with Crippen molar-refractivity contribution in [1.29, 1.82) is 0 Å². The predicted octanol–water partition coefficient (Wildman–Crippen LogP) is -0.306. The molecule has 4 nitrogen and oxygen atoms in total. The van der Waals surface area contributed by atoms with Gasteiger partial charge in [0.05, 0.1) is 18.2 Å². The zero-order chi connectivity index (χ0) is 6.97. The summed E-state index contributed by atoms with van der Waals surface area (Å²) in [7, 11) is 0. The first-order chi connectivity index (χ1) is 4.92. The first-order valence-electron chi connectivity index (χ1n) is 3.46. The Morgan fingerprint density at radius 3 is 3.40 bits per heavy atom. The fraction of sp³-hybridized carbons (Fsp3) is 0.833. The van der Waals surface area contributed by atoms with E-state index in [1.165, 1.54) is 0 Å².